The highest BCUT2D eigenvalue weighted by Gasteiger charge is 2.49. The van der Waals surface area contributed by atoms with Gasteiger partial charge in [-0.1, -0.05) is 18.2 Å². The second-order valence-electron chi connectivity index (χ2n) is 9.80. The van der Waals surface area contributed by atoms with E-state index in [9.17, 15) is 14.7 Å². The van der Waals surface area contributed by atoms with Crippen LogP contribution in [-0.4, -0.2) is 83.8 Å². The SMILES string of the molecule is CN(C)C(=O)N1CC2(CCN(C3CC4CCC(C3)N4C(=O)O)CC2)c2ccccc21.Cl. The van der Waals surface area contributed by atoms with E-state index < -0.39 is 6.09 Å². The van der Waals surface area contributed by atoms with Gasteiger partial charge in [0.05, 0.1) is 0 Å². The van der Waals surface area contributed by atoms with Gasteiger partial charge in [-0.25, -0.2) is 9.59 Å². The predicted molar refractivity (Wildman–Crippen MR) is 122 cm³/mol. The lowest BCUT2D eigenvalue weighted by molar-refractivity contribution is 0.0387. The normalized spacial score (nSPS) is 28.9. The third-order valence-electron chi connectivity index (χ3n) is 8.04. The zero-order valence-corrected chi connectivity index (χ0v) is 19.2. The van der Waals surface area contributed by atoms with Crippen molar-refractivity contribution in [2.45, 2.75) is 62.1 Å². The number of hydrogen-bond donors (Lipinski definition) is 1. The van der Waals surface area contributed by atoms with Crippen molar-refractivity contribution in [2.24, 2.45) is 0 Å². The molecule has 4 aliphatic heterocycles. The molecular weight excluding hydrogens is 416 g/mol. The molecule has 7 nitrogen and oxygen atoms in total. The maximum Gasteiger partial charge on any atom is 0.407 e. The highest BCUT2D eigenvalue weighted by atomic mass is 35.5. The van der Waals surface area contributed by atoms with Crippen molar-refractivity contribution in [2.75, 3.05) is 38.6 Å². The second-order valence-corrected chi connectivity index (χ2v) is 9.80. The first-order chi connectivity index (χ1) is 14.4. The van der Waals surface area contributed by atoms with Gasteiger partial charge in [0.15, 0.2) is 0 Å². The molecule has 2 atom stereocenters. The standard InChI is InChI=1S/C23H32N4O3.ClH/c1-24(2)21(28)26-15-23(19-5-3-4-6-20(19)26)9-11-25(12-10-23)18-13-16-7-8-17(14-18)27(16)22(29)30;/h3-6,16-18H,7-15H2,1-2H3,(H,29,30);1H. The van der Waals surface area contributed by atoms with Crippen LogP contribution in [0.2, 0.25) is 0 Å². The summed E-state index contributed by atoms with van der Waals surface area (Å²) < 4.78 is 0. The van der Waals surface area contributed by atoms with Gasteiger partial charge < -0.3 is 19.8 Å². The Morgan fingerprint density at radius 2 is 1.65 bits per heavy atom. The van der Waals surface area contributed by atoms with Gasteiger partial charge in [-0.15, -0.1) is 12.4 Å². The molecular formula is C23H33ClN4O3. The van der Waals surface area contributed by atoms with Crippen molar-refractivity contribution in [3.05, 3.63) is 29.8 Å². The van der Waals surface area contributed by atoms with Crippen LogP contribution in [0.1, 0.15) is 44.1 Å². The number of anilines is 1. The molecule has 8 heteroatoms. The summed E-state index contributed by atoms with van der Waals surface area (Å²) in [4.78, 5) is 32.3. The molecule has 1 aromatic carbocycles. The number of benzene rings is 1. The van der Waals surface area contributed by atoms with E-state index in [1.165, 1.54) is 5.56 Å². The molecule has 3 saturated heterocycles. The van der Waals surface area contributed by atoms with Crippen LogP contribution in [0.15, 0.2) is 24.3 Å². The number of urea groups is 1. The van der Waals surface area contributed by atoms with Crippen LogP contribution >= 0.6 is 12.4 Å². The van der Waals surface area contributed by atoms with Gasteiger partial charge in [-0.2, -0.15) is 0 Å². The van der Waals surface area contributed by atoms with Crippen molar-refractivity contribution >= 4 is 30.2 Å². The maximum absolute atomic E-state index is 12.8. The minimum atomic E-state index is -0.744. The number of hydrogen-bond acceptors (Lipinski definition) is 3. The first-order valence-corrected chi connectivity index (χ1v) is 11.2. The number of likely N-dealkylation sites (tertiary alicyclic amines) is 1. The fourth-order valence-corrected chi connectivity index (χ4v) is 6.55. The topological polar surface area (TPSA) is 67.3 Å². The van der Waals surface area contributed by atoms with Crippen LogP contribution in [0, 0.1) is 0 Å². The Bertz CT molecular complexity index is 841. The summed E-state index contributed by atoms with van der Waals surface area (Å²) >= 11 is 0. The van der Waals surface area contributed by atoms with Crippen molar-refractivity contribution in [3.8, 4) is 0 Å². The molecule has 0 saturated carbocycles. The van der Waals surface area contributed by atoms with Crippen LogP contribution in [0.25, 0.3) is 0 Å². The van der Waals surface area contributed by atoms with Gasteiger partial charge >= 0.3 is 12.1 Å². The summed E-state index contributed by atoms with van der Waals surface area (Å²) in [7, 11) is 3.63. The zero-order valence-electron chi connectivity index (χ0n) is 18.4. The van der Waals surface area contributed by atoms with E-state index in [-0.39, 0.29) is 35.9 Å². The quantitative estimate of drug-likeness (QED) is 0.712. The fraction of sp³-hybridized carbons (Fsp3) is 0.652. The Morgan fingerprint density at radius 3 is 2.23 bits per heavy atom. The average Bonchev–Trinajstić information content (AvgIpc) is 3.20. The van der Waals surface area contributed by atoms with Crippen molar-refractivity contribution in [1.82, 2.24) is 14.7 Å². The first-order valence-electron chi connectivity index (χ1n) is 11.2. The molecule has 1 N–H and O–H groups in total. The van der Waals surface area contributed by atoms with Crippen molar-refractivity contribution < 1.29 is 14.7 Å². The van der Waals surface area contributed by atoms with Gasteiger partial charge in [-0.05, 0) is 63.2 Å². The summed E-state index contributed by atoms with van der Waals surface area (Å²) in [5.41, 5.74) is 2.43. The van der Waals surface area contributed by atoms with Gasteiger partial charge in [-0.3, -0.25) is 4.90 Å². The number of carbonyl (C=O) groups is 2. The molecule has 170 valence electrons. The third kappa shape index (κ3) is 3.55. The molecule has 0 aromatic heterocycles. The minimum Gasteiger partial charge on any atom is -0.465 e. The number of rotatable bonds is 1. The van der Waals surface area contributed by atoms with E-state index in [2.05, 4.69) is 23.1 Å². The van der Waals surface area contributed by atoms with Crippen molar-refractivity contribution in [3.63, 3.8) is 0 Å². The second kappa shape index (κ2) is 8.17. The number of carboxylic acid groups (broad SMARTS) is 1. The van der Waals surface area contributed by atoms with E-state index in [1.807, 2.05) is 25.1 Å². The predicted octanol–water partition coefficient (Wildman–Crippen LogP) is 3.62. The number of para-hydroxylation sites is 1. The van der Waals surface area contributed by atoms with Crippen LogP contribution in [0.4, 0.5) is 15.3 Å². The molecule has 3 amide bonds. The monoisotopic (exact) mass is 448 g/mol. The van der Waals surface area contributed by atoms with Gasteiger partial charge in [0.2, 0.25) is 0 Å². The Labute approximate surface area is 190 Å². The van der Waals surface area contributed by atoms with Crippen molar-refractivity contribution in [1.29, 1.82) is 0 Å². The number of piperidine rings is 2. The molecule has 31 heavy (non-hydrogen) atoms. The van der Waals surface area contributed by atoms with Crippen LogP contribution in [-0.2, 0) is 5.41 Å². The number of halogens is 1. The molecule has 4 aliphatic rings. The van der Waals surface area contributed by atoms with E-state index in [0.29, 0.717) is 6.04 Å². The fourth-order valence-electron chi connectivity index (χ4n) is 6.55. The number of nitrogens with zero attached hydrogens (tertiary/aromatic N) is 4. The summed E-state index contributed by atoms with van der Waals surface area (Å²) in [5.74, 6) is 0. The largest absolute Gasteiger partial charge is 0.465 e. The molecule has 2 bridgehead atoms. The van der Waals surface area contributed by atoms with E-state index in [0.717, 1.165) is 63.8 Å². The van der Waals surface area contributed by atoms with Gasteiger partial charge in [0.25, 0.3) is 0 Å². The Balaban J connectivity index is 0.00000231. The molecule has 2 unspecified atom stereocenters. The zero-order chi connectivity index (χ0) is 21.0. The molecule has 1 spiro atoms. The molecule has 1 aromatic rings. The Hall–Kier alpha value is -1.99. The van der Waals surface area contributed by atoms with E-state index >= 15 is 0 Å². The highest BCUT2D eigenvalue weighted by Crippen LogP contribution is 2.48. The number of amides is 3. The van der Waals surface area contributed by atoms with E-state index in [4.69, 9.17) is 0 Å². The van der Waals surface area contributed by atoms with Crippen LogP contribution < -0.4 is 4.90 Å². The summed E-state index contributed by atoms with van der Waals surface area (Å²) in [5, 5.41) is 9.53. The maximum atomic E-state index is 12.8. The smallest absolute Gasteiger partial charge is 0.407 e. The van der Waals surface area contributed by atoms with Crippen LogP contribution in [0.5, 0.6) is 0 Å². The molecule has 0 aliphatic carbocycles. The lowest BCUT2D eigenvalue weighted by Gasteiger charge is -2.47. The Morgan fingerprint density at radius 1 is 1.03 bits per heavy atom. The summed E-state index contributed by atoms with van der Waals surface area (Å²) in [6, 6.07) is 9.35. The Kier molecular flexibility index (Phi) is 5.85. The minimum absolute atomic E-state index is 0. The first kappa shape index (κ1) is 22.2. The van der Waals surface area contributed by atoms with Crippen LogP contribution in [0.3, 0.4) is 0 Å². The lowest BCUT2D eigenvalue weighted by atomic mass is 9.73. The van der Waals surface area contributed by atoms with E-state index in [1.54, 1.807) is 9.80 Å². The van der Waals surface area contributed by atoms with Gasteiger partial charge in [0, 0.05) is 49.9 Å². The highest BCUT2D eigenvalue weighted by molar-refractivity contribution is 5.95. The molecule has 0 radical (unpaired) electrons. The van der Waals surface area contributed by atoms with Gasteiger partial charge in [0.1, 0.15) is 0 Å². The molecule has 3 fully saturated rings. The summed E-state index contributed by atoms with van der Waals surface area (Å²) in [6.45, 7) is 2.81. The summed E-state index contributed by atoms with van der Waals surface area (Å²) in [6.07, 6.45) is 5.33. The average molecular weight is 449 g/mol. The number of fused-ring (bicyclic) bond motifs is 4. The molecule has 4 heterocycles. The third-order valence-corrected chi connectivity index (χ3v) is 8.04. The molecule has 5 rings (SSSR count). The number of carbonyl (C=O) groups excluding carboxylic acids is 1. The lowest BCUT2D eigenvalue weighted by Crippen LogP contribution is -2.55.